The van der Waals surface area contributed by atoms with E-state index in [1.165, 1.54) is 41.4 Å². The SMILES string of the molecule is CCc1nc(N2CCCC(OC)C2)sc1CNC1CC1. The molecule has 1 aromatic rings. The van der Waals surface area contributed by atoms with E-state index in [0.717, 1.165) is 32.1 Å². The Kier molecular flexibility index (Phi) is 4.58. The summed E-state index contributed by atoms with van der Waals surface area (Å²) in [7, 11) is 1.82. The maximum atomic E-state index is 5.52. The molecule has 2 fully saturated rings. The normalized spacial score (nSPS) is 23.3. The number of nitrogens with zero attached hydrogens (tertiary/aromatic N) is 2. The number of aryl methyl sites for hydroxylation is 1. The van der Waals surface area contributed by atoms with Crippen molar-refractivity contribution >= 4 is 16.5 Å². The molecule has 1 saturated carbocycles. The Morgan fingerprint density at radius 1 is 1.40 bits per heavy atom. The average molecular weight is 295 g/mol. The highest BCUT2D eigenvalue weighted by Crippen LogP contribution is 2.30. The lowest BCUT2D eigenvalue weighted by molar-refractivity contribution is 0.0893. The highest BCUT2D eigenvalue weighted by atomic mass is 32.1. The predicted molar refractivity (Wildman–Crippen MR) is 83.6 cm³/mol. The molecule has 2 heterocycles. The standard InChI is InChI=1S/C15H25N3OS/c1-3-13-14(9-16-11-6-7-11)20-15(17-13)18-8-4-5-12(10-18)19-2/h11-12,16H,3-10H2,1-2H3. The first-order valence-corrected chi connectivity index (χ1v) is 8.61. The van der Waals surface area contributed by atoms with E-state index in [1.54, 1.807) is 0 Å². The Morgan fingerprint density at radius 2 is 2.25 bits per heavy atom. The minimum absolute atomic E-state index is 0.366. The largest absolute Gasteiger partial charge is 0.380 e. The van der Waals surface area contributed by atoms with E-state index in [0.29, 0.717) is 6.10 Å². The zero-order valence-corrected chi connectivity index (χ0v) is 13.3. The smallest absolute Gasteiger partial charge is 0.185 e. The van der Waals surface area contributed by atoms with Crippen LogP contribution in [0.1, 0.15) is 43.2 Å². The maximum Gasteiger partial charge on any atom is 0.185 e. The maximum absolute atomic E-state index is 5.52. The number of methoxy groups -OCH3 is 1. The molecule has 1 aliphatic heterocycles. The molecular formula is C15H25N3OS. The van der Waals surface area contributed by atoms with Gasteiger partial charge in [-0.15, -0.1) is 11.3 Å². The Labute approximate surface area is 125 Å². The van der Waals surface area contributed by atoms with Crippen molar-refractivity contribution in [3.63, 3.8) is 0 Å². The van der Waals surface area contributed by atoms with Crippen LogP contribution in [-0.4, -0.2) is 37.3 Å². The Bertz CT molecular complexity index is 444. The number of rotatable bonds is 6. The molecule has 0 aromatic carbocycles. The number of hydrogen-bond donors (Lipinski definition) is 1. The van der Waals surface area contributed by atoms with Gasteiger partial charge in [-0.1, -0.05) is 6.92 Å². The fourth-order valence-electron chi connectivity index (χ4n) is 2.75. The van der Waals surface area contributed by atoms with Crippen LogP contribution < -0.4 is 10.2 Å². The lowest BCUT2D eigenvalue weighted by atomic mass is 10.1. The molecule has 2 aliphatic rings. The molecular weight excluding hydrogens is 270 g/mol. The first-order chi connectivity index (χ1) is 9.80. The van der Waals surface area contributed by atoms with Gasteiger partial charge in [-0.05, 0) is 32.1 Å². The molecule has 112 valence electrons. The van der Waals surface area contributed by atoms with Gasteiger partial charge in [0.2, 0.25) is 0 Å². The minimum Gasteiger partial charge on any atom is -0.380 e. The average Bonchev–Trinajstić information content (AvgIpc) is 3.23. The summed E-state index contributed by atoms with van der Waals surface area (Å²) in [6, 6.07) is 0.762. The number of ether oxygens (including phenoxy) is 1. The van der Waals surface area contributed by atoms with Gasteiger partial charge in [-0.3, -0.25) is 0 Å². The molecule has 0 radical (unpaired) electrons. The van der Waals surface area contributed by atoms with E-state index in [2.05, 4.69) is 17.1 Å². The van der Waals surface area contributed by atoms with Crippen molar-refractivity contribution in [1.82, 2.24) is 10.3 Å². The predicted octanol–water partition coefficient (Wildman–Crippen LogP) is 2.57. The fourth-order valence-corrected chi connectivity index (χ4v) is 3.88. The molecule has 1 aromatic heterocycles. The third-order valence-electron chi connectivity index (χ3n) is 4.21. The number of hydrogen-bond acceptors (Lipinski definition) is 5. The monoisotopic (exact) mass is 295 g/mol. The van der Waals surface area contributed by atoms with Gasteiger partial charge >= 0.3 is 0 Å². The van der Waals surface area contributed by atoms with Gasteiger partial charge in [0.1, 0.15) is 0 Å². The zero-order chi connectivity index (χ0) is 13.9. The summed E-state index contributed by atoms with van der Waals surface area (Å²) >= 11 is 1.87. The van der Waals surface area contributed by atoms with Crippen molar-refractivity contribution in [3.05, 3.63) is 10.6 Å². The lowest BCUT2D eigenvalue weighted by Crippen LogP contribution is -2.39. The Balaban J connectivity index is 1.68. The molecule has 1 unspecified atom stereocenters. The van der Waals surface area contributed by atoms with Crippen molar-refractivity contribution in [3.8, 4) is 0 Å². The summed E-state index contributed by atoms with van der Waals surface area (Å²) in [6.07, 6.45) is 6.46. The van der Waals surface area contributed by atoms with Gasteiger partial charge in [0.15, 0.2) is 5.13 Å². The van der Waals surface area contributed by atoms with E-state index in [4.69, 9.17) is 9.72 Å². The second-order valence-electron chi connectivity index (χ2n) is 5.82. The van der Waals surface area contributed by atoms with Crippen molar-refractivity contribution in [2.24, 2.45) is 0 Å². The number of aromatic nitrogens is 1. The summed E-state index contributed by atoms with van der Waals surface area (Å²) in [5.74, 6) is 0. The second-order valence-corrected chi connectivity index (χ2v) is 6.88. The lowest BCUT2D eigenvalue weighted by Gasteiger charge is -2.31. The van der Waals surface area contributed by atoms with Crippen molar-refractivity contribution in [2.45, 2.75) is 57.7 Å². The first-order valence-electron chi connectivity index (χ1n) is 7.79. The molecule has 0 bridgehead atoms. The van der Waals surface area contributed by atoms with Crippen LogP contribution in [-0.2, 0) is 17.7 Å². The summed E-state index contributed by atoms with van der Waals surface area (Å²) in [5.41, 5.74) is 1.28. The van der Waals surface area contributed by atoms with Gasteiger partial charge in [0.05, 0.1) is 11.8 Å². The molecule has 1 aliphatic carbocycles. The molecule has 1 atom stereocenters. The van der Waals surface area contributed by atoms with Crippen LogP contribution in [0.25, 0.3) is 0 Å². The molecule has 0 spiro atoms. The van der Waals surface area contributed by atoms with Crippen LogP contribution in [0.5, 0.6) is 0 Å². The topological polar surface area (TPSA) is 37.4 Å². The quantitative estimate of drug-likeness (QED) is 0.875. The van der Waals surface area contributed by atoms with Crippen molar-refractivity contribution in [2.75, 3.05) is 25.1 Å². The number of anilines is 1. The van der Waals surface area contributed by atoms with Crippen molar-refractivity contribution in [1.29, 1.82) is 0 Å². The molecule has 5 heteroatoms. The first kappa shape index (κ1) is 14.3. The fraction of sp³-hybridized carbons (Fsp3) is 0.800. The highest BCUT2D eigenvalue weighted by Gasteiger charge is 2.24. The van der Waals surface area contributed by atoms with Crippen LogP contribution in [0.4, 0.5) is 5.13 Å². The summed E-state index contributed by atoms with van der Waals surface area (Å²) in [5, 5.41) is 4.80. The van der Waals surface area contributed by atoms with Gasteiger partial charge in [-0.25, -0.2) is 4.98 Å². The number of thiazole rings is 1. The Morgan fingerprint density at radius 3 is 2.95 bits per heavy atom. The van der Waals surface area contributed by atoms with Crippen LogP contribution >= 0.6 is 11.3 Å². The Hall–Kier alpha value is -0.650. The molecule has 0 amide bonds. The van der Waals surface area contributed by atoms with Gasteiger partial charge in [0.25, 0.3) is 0 Å². The van der Waals surface area contributed by atoms with E-state index in [9.17, 15) is 0 Å². The van der Waals surface area contributed by atoms with Crippen molar-refractivity contribution < 1.29 is 4.74 Å². The molecule has 1 N–H and O–H groups in total. The summed E-state index contributed by atoms with van der Waals surface area (Å²) < 4.78 is 5.52. The molecule has 1 saturated heterocycles. The zero-order valence-electron chi connectivity index (χ0n) is 12.5. The van der Waals surface area contributed by atoms with E-state index >= 15 is 0 Å². The van der Waals surface area contributed by atoms with Crippen LogP contribution in [0.3, 0.4) is 0 Å². The number of nitrogens with one attached hydrogen (secondary N) is 1. The van der Waals surface area contributed by atoms with E-state index < -0.39 is 0 Å². The van der Waals surface area contributed by atoms with Gasteiger partial charge < -0.3 is 15.0 Å². The highest BCUT2D eigenvalue weighted by molar-refractivity contribution is 7.15. The van der Waals surface area contributed by atoms with Gasteiger partial charge in [0, 0.05) is 37.7 Å². The van der Waals surface area contributed by atoms with Crippen LogP contribution in [0, 0.1) is 0 Å². The number of piperidine rings is 1. The van der Waals surface area contributed by atoms with Crippen LogP contribution in [0.15, 0.2) is 0 Å². The van der Waals surface area contributed by atoms with E-state index in [1.807, 2.05) is 18.4 Å². The summed E-state index contributed by atoms with van der Waals surface area (Å²) in [6.45, 7) is 5.30. The molecule has 20 heavy (non-hydrogen) atoms. The molecule has 4 nitrogen and oxygen atoms in total. The molecule has 3 rings (SSSR count). The van der Waals surface area contributed by atoms with Gasteiger partial charge in [-0.2, -0.15) is 0 Å². The third-order valence-corrected chi connectivity index (χ3v) is 5.37. The second kappa shape index (κ2) is 6.41. The van der Waals surface area contributed by atoms with E-state index in [-0.39, 0.29) is 0 Å². The third kappa shape index (κ3) is 3.32. The van der Waals surface area contributed by atoms with Crippen LogP contribution in [0.2, 0.25) is 0 Å². The minimum atomic E-state index is 0.366. The summed E-state index contributed by atoms with van der Waals surface area (Å²) in [4.78, 5) is 8.70.